The first kappa shape index (κ1) is 28.5. The molecule has 3 aliphatic rings. The Kier molecular flexibility index (Phi) is 6.21. The molecular formula is C46H28N4S. The summed E-state index contributed by atoms with van der Waals surface area (Å²) in [5.41, 5.74) is 12.7. The van der Waals surface area contributed by atoms with Gasteiger partial charge in [0.25, 0.3) is 0 Å². The van der Waals surface area contributed by atoms with Gasteiger partial charge in [0.2, 0.25) is 0 Å². The van der Waals surface area contributed by atoms with Crippen LogP contribution < -0.4 is 0 Å². The molecule has 5 heteroatoms. The van der Waals surface area contributed by atoms with Gasteiger partial charge in [-0.05, 0) is 46.4 Å². The molecular weight excluding hydrogens is 641 g/mol. The number of pyridine rings is 1. The summed E-state index contributed by atoms with van der Waals surface area (Å²) < 4.78 is 2.54. The lowest BCUT2D eigenvalue weighted by Gasteiger charge is -2.33. The molecule has 8 aromatic rings. The maximum absolute atomic E-state index is 5.24. The Morgan fingerprint density at radius 3 is 2.16 bits per heavy atom. The van der Waals surface area contributed by atoms with Crippen LogP contribution in [0.4, 0.5) is 0 Å². The van der Waals surface area contributed by atoms with Gasteiger partial charge in [-0.3, -0.25) is 0 Å². The first-order chi connectivity index (χ1) is 25.3. The van der Waals surface area contributed by atoms with E-state index in [0.717, 1.165) is 39.9 Å². The molecule has 5 aromatic carbocycles. The van der Waals surface area contributed by atoms with Crippen LogP contribution >= 0.6 is 11.3 Å². The molecule has 0 radical (unpaired) electrons. The summed E-state index contributed by atoms with van der Waals surface area (Å²) in [6.07, 6.45) is 14.5. The number of hydrogen-bond acceptors (Lipinski definition) is 5. The van der Waals surface area contributed by atoms with Gasteiger partial charge in [-0.1, -0.05) is 140 Å². The number of allylic oxidation sites excluding steroid dienone is 7. The van der Waals surface area contributed by atoms with E-state index in [1.54, 1.807) is 0 Å². The van der Waals surface area contributed by atoms with Crippen molar-refractivity contribution in [2.75, 3.05) is 0 Å². The Hall–Kier alpha value is -6.30. The molecule has 0 spiro atoms. The summed E-state index contributed by atoms with van der Waals surface area (Å²) in [4.78, 5) is 20.6. The fourth-order valence-corrected chi connectivity index (χ4v) is 9.28. The van der Waals surface area contributed by atoms with E-state index in [9.17, 15) is 0 Å². The maximum atomic E-state index is 5.24. The summed E-state index contributed by atoms with van der Waals surface area (Å²) in [5.74, 6) is 2.25. The summed E-state index contributed by atoms with van der Waals surface area (Å²) >= 11 is 1.84. The normalized spacial score (nSPS) is 15.6. The highest BCUT2D eigenvalue weighted by Crippen LogP contribution is 2.48. The maximum Gasteiger partial charge on any atom is 0.164 e. The van der Waals surface area contributed by atoms with Gasteiger partial charge in [0.1, 0.15) is 0 Å². The monoisotopic (exact) mass is 668 g/mol. The number of aromatic nitrogens is 4. The van der Waals surface area contributed by atoms with E-state index in [0.29, 0.717) is 17.5 Å². The van der Waals surface area contributed by atoms with Gasteiger partial charge < -0.3 is 0 Å². The molecule has 11 rings (SSSR count). The van der Waals surface area contributed by atoms with Crippen LogP contribution in [0.3, 0.4) is 0 Å². The average molecular weight is 669 g/mol. The summed E-state index contributed by atoms with van der Waals surface area (Å²) in [6.45, 7) is 0. The van der Waals surface area contributed by atoms with E-state index in [1.165, 1.54) is 53.4 Å². The third kappa shape index (κ3) is 4.45. The van der Waals surface area contributed by atoms with Crippen LogP contribution in [0.2, 0.25) is 0 Å². The van der Waals surface area contributed by atoms with E-state index < -0.39 is 0 Å². The molecule has 0 N–H and O–H groups in total. The second-order valence-electron chi connectivity index (χ2n) is 13.3. The lowest BCUT2D eigenvalue weighted by atomic mass is 9.70. The number of hydrogen-bond donors (Lipinski definition) is 0. The van der Waals surface area contributed by atoms with Crippen molar-refractivity contribution >= 4 is 48.5 Å². The van der Waals surface area contributed by atoms with Gasteiger partial charge >= 0.3 is 0 Å². The van der Waals surface area contributed by atoms with Crippen molar-refractivity contribution in [2.45, 2.75) is 12.3 Å². The minimum absolute atomic E-state index is 0.261. The Labute approximate surface area is 298 Å². The number of nitrogens with zero attached hydrogens (tertiary/aromatic N) is 4. The third-order valence-corrected chi connectivity index (χ3v) is 11.7. The zero-order valence-electron chi connectivity index (χ0n) is 27.4. The topological polar surface area (TPSA) is 51.6 Å². The smallest absolute Gasteiger partial charge is 0.164 e. The standard InChI is InChI=1S/C46H28N4S/c1-2-9-31(10-3-1)44-48-45(50-46(49-44)34-26-24-29-18-17-27-11-8-12-28-23-25-33(34)40(29)39(27)28)32-21-19-30(20-22-32)42-41-36-14-5-7-16-38(36)51-43(41)35-13-4-6-15-37(35)47-42/h1-17,19-26,39H,18H2. The molecule has 3 heterocycles. The molecule has 1 unspecified atom stereocenters. The van der Waals surface area contributed by atoms with E-state index in [2.05, 4.69) is 134 Å². The van der Waals surface area contributed by atoms with Crippen LogP contribution in [0.5, 0.6) is 0 Å². The Bertz CT molecular complexity index is 2880. The van der Waals surface area contributed by atoms with Crippen LogP contribution in [0.25, 0.3) is 82.6 Å². The van der Waals surface area contributed by atoms with Crippen molar-refractivity contribution in [3.05, 3.63) is 173 Å². The highest BCUT2D eigenvalue weighted by atomic mass is 32.1. The fraction of sp³-hybridized carbons (Fsp3) is 0.0435. The molecule has 1 atom stereocenters. The number of thiophene rings is 1. The summed E-state index contributed by atoms with van der Waals surface area (Å²) in [7, 11) is 0. The first-order valence-electron chi connectivity index (χ1n) is 17.3. The van der Waals surface area contributed by atoms with E-state index in [-0.39, 0.29) is 5.92 Å². The lowest BCUT2D eigenvalue weighted by Crippen LogP contribution is -2.18. The lowest BCUT2D eigenvalue weighted by molar-refractivity contribution is 0.892. The van der Waals surface area contributed by atoms with Gasteiger partial charge in [0, 0.05) is 53.7 Å². The minimum Gasteiger partial charge on any atom is -0.247 e. The molecule has 0 aliphatic heterocycles. The molecule has 0 saturated carbocycles. The molecule has 3 aromatic heterocycles. The van der Waals surface area contributed by atoms with Crippen LogP contribution in [0, 0.1) is 0 Å². The number of rotatable bonds is 4. The van der Waals surface area contributed by atoms with Crippen LogP contribution in [-0.4, -0.2) is 19.9 Å². The zero-order valence-corrected chi connectivity index (χ0v) is 28.2. The van der Waals surface area contributed by atoms with Crippen LogP contribution in [0.1, 0.15) is 22.6 Å². The highest BCUT2D eigenvalue weighted by molar-refractivity contribution is 7.26. The predicted octanol–water partition coefficient (Wildman–Crippen LogP) is 11.5. The Morgan fingerprint density at radius 1 is 0.569 bits per heavy atom. The molecule has 0 amide bonds. The number of para-hydroxylation sites is 1. The van der Waals surface area contributed by atoms with Gasteiger partial charge in [0.05, 0.1) is 11.2 Å². The van der Waals surface area contributed by atoms with Crippen molar-refractivity contribution in [1.29, 1.82) is 0 Å². The van der Waals surface area contributed by atoms with Crippen molar-refractivity contribution in [3.8, 4) is 45.4 Å². The van der Waals surface area contributed by atoms with Crippen molar-refractivity contribution < 1.29 is 0 Å². The second-order valence-corrected chi connectivity index (χ2v) is 14.4. The zero-order chi connectivity index (χ0) is 33.5. The molecule has 0 fully saturated rings. The fourth-order valence-electron chi connectivity index (χ4n) is 8.05. The van der Waals surface area contributed by atoms with E-state index in [4.69, 9.17) is 19.9 Å². The van der Waals surface area contributed by atoms with Crippen LogP contribution in [0.15, 0.2) is 157 Å². The third-order valence-electron chi connectivity index (χ3n) is 10.4. The van der Waals surface area contributed by atoms with Crippen molar-refractivity contribution in [3.63, 3.8) is 0 Å². The predicted molar refractivity (Wildman–Crippen MR) is 211 cm³/mol. The van der Waals surface area contributed by atoms with E-state index >= 15 is 0 Å². The summed E-state index contributed by atoms with van der Waals surface area (Å²) in [6, 6.07) is 40.3. The van der Waals surface area contributed by atoms with E-state index in [1.807, 2.05) is 29.5 Å². The summed E-state index contributed by atoms with van der Waals surface area (Å²) in [5, 5.41) is 3.63. The Morgan fingerprint density at radius 2 is 1.29 bits per heavy atom. The SMILES string of the molecule is C1=CC2=CCc3ccc(-c4nc(-c5ccccc5)nc(-c5ccc(-c6nc7ccccc7c7sc8ccccc8c67)cc5)n4)c4c3C2C(=C1)C=C4. The highest BCUT2D eigenvalue weighted by Gasteiger charge is 2.32. The molecule has 3 aliphatic carbocycles. The molecule has 4 nitrogen and oxygen atoms in total. The molecule has 0 bridgehead atoms. The van der Waals surface area contributed by atoms with Gasteiger partial charge in [-0.2, -0.15) is 0 Å². The Balaban J connectivity index is 1.07. The average Bonchev–Trinajstić information content (AvgIpc) is 3.60. The van der Waals surface area contributed by atoms with Crippen LogP contribution in [-0.2, 0) is 6.42 Å². The molecule has 0 saturated heterocycles. The largest absolute Gasteiger partial charge is 0.247 e. The second kappa shape index (κ2) is 11.1. The molecule has 238 valence electrons. The van der Waals surface area contributed by atoms with Crippen molar-refractivity contribution in [1.82, 2.24) is 19.9 Å². The van der Waals surface area contributed by atoms with Gasteiger partial charge in [0.15, 0.2) is 17.5 Å². The van der Waals surface area contributed by atoms with Crippen molar-refractivity contribution in [2.24, 2.45) is 0 Å². The molecule has 51 heavy (non-hydrogen) atoms. The number of fused-ring (bicyclic) bond motifs is 5. The minimum atomic E-state index is 0.261. The van der Waals surface area contributed by atoms with Gasteiger partial charge in [-0.25, -0.2) is 19.9 Å². The number of benzene rings is 5. The quantitative estimate of drug-likeness (QED) is 0.187. The van der Waals surface area contributed by atoms with Gasteiger partial charge in [-0.15, -0.1) is 11.3 Å². The first-order valence-corrected chi connectivity index (χ1v) is 18.1.